The minimum atomic E-state index is -0.000811. The van der Waals surface area contributed by atoms with Crippen molar-refractivity contribution in [2.45, 2.75) is 19.0 Å². The number of halogens is 1. The summed E-state index contributed by atoms with van der Waals surface area (Å²) in [6, 6.07) is 9.55. The van der Waals surface area contributed by atoms with E-state index in [1.165, 1.54) is 11.8 Å². The molecule has 2 aromatic heterocycles. The van der Waals surface area contributed by atoms with E-state index < -0.39 is 0 Å². The Kier molecular flexibility index (Phi) is 6.33. The molecule has 0 saturated carbocycles. The number of carbonyl (C=O) groups excluding carboxylic acids is 1. The Bertz CT molecular complexity index is 945. The van der Waals surface area contributed by atoms with Gasteiger partial charge in [-0.3, -0.25) is 4.79 Å². The lowest BCUT2D eigenvalue weighted by molar-refractivity contribution is -0.127. The van der Waals surface area contributed by atoms with Crippen LogP contribution in [0, 0.1) is 13.8 Å². The van der Waals surface area contributed by atoms with E-state index in [0.29, 0.717) is 24.1 Å². The monoisotopic (exact) mass is 449 g/mol. The van der Waals surface area contributed by atoms with Crippen molar-refractivity contribution in [1.82, 2.24) is 24.5 Å². The quantitative estimate of drug-likeness (QED) is 0.515. The highest BCUT2D eigenvalue weighted by Crippen LogP contribution is 2.17. The molecule has 9 heteroatoms. The number of likely N-dealkylation sites (N-methyl/N-ethyl adjacent to an activating group) is 1. The number of hydrogen-bond acceptors (Lipinski definition) is 6. The largest absolute Gasteiger partial charge is 0.492 e. The lowest BCUT2D eigenvalue weighted by atomic mass is 10.3. The molecule has 3 aromatic rings. The van der Waals surface area contributed by atoms with Gasteiger partial charge in [-0.05, 0) is 44.2 Å². The number of nitrogens with zero attached hydrogens (tertiary/aromatic N) is 5. The van der Waals surface area contributed by atoms with Crippen molar-refractivity contribution in [2.24, 2.45) is 0 Å². The molecule has 0 aliphatic carbocycles. The van der Waals surface area contributed by atoms with Crippen molar-refractivity contribution < 1.29 is 9.53 Å². The average Bonchev–Trinajstić information content (AvgIpc) is 3.04. The van der Waals surface area contributed by atoms with Gasteiger partial charge < -0.3 is 9.64 Å². The van der Waals surface area contributed by atoms with Gasteiger partial charge in [-0.2, -0.15) is 4.98 Å². The molecule has 1 amide bonds. The Morgan fingerprint density at radius 3 is 2.74 bits per heavy atom. The van der Waals surface area contributed by atoms with Crippen LogP contribution in [-0.4, -0.2) is 56.3 Å². The van der Waals surface area contributed by atoms with Crippen LogP contribution in [0.1, 0.15) is 11.4 Å². The highest BCUT2D eigenvalue weighted by Gasteiger charge is 2.13. The Balaban J connectivity index is 1.48. The second-order valence-electron chi connectivity index (χ2n) is 6.05. The molecule has 0 saturated heterocycles. The molecular weight excluding hydrogens is 430 g/mol. The van der Waals surface area contributed by atoms with Gasteiger partial charge in [0.1, 0.15) is 12.4 Å². The number of rotatable bonds is 7. The number of hydrogen-bond donors (Lipinski definition) is 0. The smallest absolute Gasteiger partial charge is 0.253 e. The number of benzene rings is 1. The van der Waals surface area contributed by atoms with Crippen molar-refractivity contribution in [3.8, 4) is 5.75 Å². The van der Waals surface area contributed by atoms with Gasteiger partial charge in [-0.1, -0.05) is 27.7 Å². The zero-order valence-corrected chi connectivity index (χ0v) is 17.7. The first-order valence-corrected chi connectivity index (χ1v) is 10.2. The summed E-state index contributed by atoms with van der Waals surface area (Å²) in [6.07, 6.45) is 0. The summed E-state index contributed by atoms with van der Waals surface area (Å²) in [5, 5.41) is 4.95. The van der Waals surface area contributed by atoms with Crippen molar-refractivity contribution >= 4 is 39.4 Å². The van der Waals surface area contributed by atoms with E-state index in [9.17, 15) is 4.79 Å². The number of ether oxygens (including phenoxy) is 1. The summed E-state index contributed by atoms with van der Waals surface area (Å²) in [5.41, 5.74) is 1.86. The van der Waals surface area contributed by atoms with Crippen LogP contribution in [0.5, 0.6) is 5.75 Å². The standard InChI is InChI=1S/C18H20BrN5O2S/c1-12-10-13(2)24-17(20-12)21-18(22-24)27-11-16(25)23(3)8-9-26-15-6-4-14(19)5-7-15/h4-7,10H,8-9,11H2,1-3H3. The number of amides is 1. The molecule has 0 spiro atoms. The molecule has 7 nitrogen and oxygen atoms in total. The summed E-state index contributed by atoms with van der Waals surface area (Å²) in [7, 11) is 1.76. The van der Waals surface area contributed by atoms with Crippen LogP contribution in [0.2, 0.25) is 0 Å². The molecule has 0 bridgehead atoms. The fourth-order valence-corrected chi connectivity index (χ4v) is 3.42. The van der Waals surface area contributed by atoms with Crippen molar-refractivity contribution in [1.29, 1.82) is 0 Å². The minimum Gasteiger partial charge on any atom is -0.492 e. The lowest BCUT2D eigenvalue weighted by Crippen LogP contribution is -2.32. The Labute approximate surface area is 170 Å². The van der Waals surface area contributed by atoms with Gasteiger partial charge in [0.05, 0.1) is 12.3 Å². The third-order valence-electron chi connectivity index (χ3n) is 3.86. The summed E-state index contributed by atoms with van der Waals surface area (Å²) >= 11 is 4.69. The zero-order valence-electron chi connectivity index (χ0n) is 15.3. The topological polar surface area (TPSA) is 72.6 Å². The molecule has 0 atom stereocenters. The SMILES string of the molecule is Cc1cc(C)n2nc(SCC(=O)N(C)CCOc3ccc(Br)cc3)nc2n1. The van der Waals surface area contributed by atoms with Crippen LogP contribution in [0.4, 0.5) is 0 Å². The van der Waals surface area contributed by atoms with E-state index in [1.807, 2.05) is 44.2 Å². The van der Waals surface area contributed by atoms with Crippen LogP contribution in [0.15, 0.2) is 40.0 Å². The van der Waals surface area contributed by atoms with Crippen molar-refractivity contribution in [2.75, 3.05) is 26.0 Å². The molecule has 0 aliphatic heterocycles. The minimum absolute atomic E-state index is 0.000811. The summed E-state index contributed by atoms with van der Waals surface area (Å²) in [4.78, 5) is 22.7. The molecule has 27 heavy (non-hydrogen) atoms. The number of aromatic nitrogens is 4. The van der Waals surface area contributed by atoms with Gasteiger partial charge in [-0.15, -0.1) is 5.10 Å². The molecular formula is C18H20BrN5O2S. The highest BCUT2D eigenvalue weighted by atomic mass is 79.9. The van der Waals surface area contributed by atoms with E-state index >= 15 is 0 Å². The molecule has 0 aliphatic rings. The van der Waals surface area contributed by atoms with Crippen LogP contribution in [0.3, 0.4) is 0 Å². The predicted octanol–water partition coefficient (Wildman–Crippen LogP) is 3.13. The van der Waals surface area contributed by atoms with Crippen LogP contribution in [-0.2, 0) is 4.79 Å². The average molecular weight is 450 g/mol. The van der Waals surface area contributed by atoms with Gasteiger partial charge in [0, 0.05) is 22.9 Å². The fourth-order valence-electron chi connectivity index (χ4n) is 2.40. The first kappa shape index (κ1) is 19.6. The van der Waals surface area contributed by atoms with Crippen LogP contribution in [0.25, 0.3) is 5.78 Å². The van der Waals surface area contributed by atoms with E-state index in [1.54, 1.807) is 16.5 Å². The van der Waals surface area contributed by atoms with E-state index in [4.69, 9.17) is 4.74 Å². The van der Waals surface area contributed by atoms with Gasteiger partial charge >= 0.3 is 0 Å². The fraction of sp³-hybridized carbons (Fsp3) is 0.333. The third kappa shape index (κ3) is 5.20. The maximum Gasteiger partial charge on any atom is 0.253 e. The summed E-state index contributed by atoms with van der Waals surface area (Å²) < 4.78 is 8.34. The maximum atomic E-state index is 12.3. The van der Waals surface area contributed by atoms with E-state index in [0.717, 1.165) is 21.6 Å². The summed E-state index contributed by atoms with van der Waals surface area (Å²) in [5.74, 6) is 1.60. The number of carbonyl (C=O) groups is 1. The lowest BCUT2D eigenvalue weighted by Gasteiger charge is -2.17. The van der Waals surface area contributed by atoms with Gasteiger partial charge in [0.2, 0.25) is 11.1 Å². The van der Waals surface area contributed by atoms with Crippen LogP contribution < -0.4 is 4.74 Å². The van der Waals surface area contributed by atoms with Gasteiger partial charge in [0.25, 0.3) is 5.78 Å². The predicted molar refractivity (Wildman–Crippen MR) is 108 cm³/mol. The van der Waals surface area contributed by atoms with E-state index in [2.05, 4.69) is 31.0 Å². The normalized spacial score (nSPS) is 11.0. The van der Waals surface area contributed by atoms with E-state index in [-0.39, 0.29) is 11.7 Å². The van der Waals surface area contributed by atoms with Crippen LogP contribution >= 0.6 is 27.7 Å². The second-order valence-corrected chi connectivity index (χ2v) is 7.91. The molecule has 0 fully saturated rings. The second kappa shape index (κ2) is 8.71. The zero-order chi connectivity index (χ0) is 19.4. The molecule has 142 valence electrons. The number of fused-ring (bicyclic) bond motifs is 1. The molecule has 2 heterocycles. The number of thioether (sulfide) groups is 1. The Hall–Kier alpha value is -2.13. The molecule has 3 rings (SSSR count). The molecule has 0 radical (unpaired) electrons. The first-order chi connectivity index (χ1) is 12.9. The Morgan fingerprint density at radius 1 is 1.26 bits per heavy atom. The van der Waals surface area contributed by atoms with Crippen molar-refractivity contribution in [3.05, 3.63) is 46.2 Å². The molecule has 1 aromatic carbocycles. The molecule has 0 N–H and O–H groups in total. The van der Waals surface area contributed by atoms with Gasteiger partial charge in [0.15, 0.2) is 0 Å². The summed E-state index contributed by atoms with van der Waals surface area (Å²) in [6.45, 7) is 4.82. The first-order valence-electron chi connectivity index (χ1n) is 8.38. The van der Waals surface area contributed by atoms with Crippen molar-refractivity contribution in [3.63, 3.8) is 0 Å². The van der Waals surface area contributed by atoms with Gasteiger partial charge in [-0.25, -0.2) is 9.50 Å². The third-order valence-corrected chi connectivity index (χ3v) is 5.21. The Morgan fingerprint density at radius 2 is 2.00 bits per heavy atom. The highest BCUT2D eigenvalue weighted by molar-refractivity contribution is 9.10. The molecule has 0 unspecified atom stereocenters. The number of aryl methyl sites for hydroxylation is 2. The maximum absolute atomic E-state index is 12.3.